The first-order valence-electron chi connectivity index (χ1n) is 7.88. The molecule has 0 saturated heterocycles. The number of hydrogen-bond acceptors (Lipinski definition) is 4. The molecule has 3 rings (SSSR count). The molecule has 0 radical (unpaired) electrons. The summed E-state index contributed by atoms with van der Waals surface area (Å²) >= 11 is 1.58. The fraction of sp³-hybridized carbons (Fsp3) is 0.105. The van der Waals surface area contributed by atoms with Crippen LogP contribution in [0.3, 0.4) is 0 Å². The van der Waals surface area contributed by atoms with Crippen LogP contribution in [0.2, 0.25) is 0 Å². The van der Waals surface area contributed by atoms with Gasteiger partial charge in [-0.1, -0.05) is 24.3 Å². The average molecular weight is 367 g/mol. The molecule has 2 aromatic heterocycles. The Morgan fingerprint density at radius 1 is 1.19 bits per heavy atom. The lowest BCUT2D eigenvalue weighted by Crippen LogP contribution is -2.24. The van der Waals surface area contributed by atoms with Crippen LogP contribution >= 0.6 is 11.3 Å². The van der Waals surface area contributed by atoms with E-state index >= 15 is 0 Å². The summed E-state index contributed by atoms with van der Waals surface area (Å²) in [5, 5.41) is 15.3. The van der Waals surface area contributed by atoms with E-state index < -0.39 is 5.97 Å². The zero-order valence-electron chi connectivity index (χ0n) is 14.1. The summed E-state index contributed by atoms with van der Waals surface area (Å²) in [5.41, 5.74) is 2.62. The number of nitrogens with zero attached hydrogens (tertiary/aromatic N) is 3. The van der Waals surface area contributed by atoms with Crippen molar-refractivity contribution in [1.29, 1.82) is 0 Å². The lowest BCUT2D eigenvalue weighted by Gasteiger charge is -2.14. The van der Waals surface area contributed by atoms with Gasteiger partial charge >= 0.3 is 5.97 Å². The summed E-state index contributed by atoms with van der Waals surface area (Å²) in [4.78, 5) is 25.1. The predicted molar refractivity (Wildman–Crippen MR) is 100 cm³/mol. The Hall–Kier alpha value is -3.19. The Bertz CT molecular complexity index is 930. The van der Waals surface area contributed by atoms with Crippen molar-refractivity contribution in [2.24, 2.45) is 0 Å². The van der Waals surface area contributed by atoms with Crippen molar-refractivity contribution in [2.45, 2.75) is 6.54 Å². The smallest absolute Gasteiger partial charge is 0.328 e. The third kappa shape index (κ3) is 4.07. The molecule has 26 heavy (non-hydrogen) atoms. The predicted octanol–water partition coefficient (Wildman–Crippen LogP) is 3.20. The number of benzene rings is 1. The Morgan fingerprint density at radius 2 is 1.96 bits per heavy atom. The molecule has 0 fully saturated rings. The van der Waals surface area contributed by atoms with Crippen LogP contribution < -0.4 is 0 Å². The van der Waals surface area contributed by atoms with Gasteiger partial charge in [-0.25, -0.2) is 9.48 Å². The summed E-state index contributed by atoms with van der Waals surface area (Å²) in [6, 6.07) is 13.7. The van der Waals surface area contributed by atoms with Gasteiger partial charge in [0, 0.05) is 37.5 Å². The highest BCUT2D eigenvalue weighted by Crippen LogP contribution is 2.28. The van der Waals surface area contributed by atoms with Crippen molar-refractivity contribution in [3.05, 3.63) is 71.8 Å². The first kappa shape index (κ1) is 17.6. The van der Waals surface area contributed by atoms with Crippen molar-refractivity contribution in [1.82, 2.24) is 14.7 Å². The number of carbonyl (C=O) groups excluding carboxylic acids is 1. The molecular weight excluding hydrogens is 350 g/mol. The van der Waals surface area contributed by atoms with E-state index in [0.717, 1.165) is 34.0 Å². The molecule has 0 aliphatic rings. The van der Waals surface area contributed by atoms with Gasteiger partial charge in [-0.15, -0.1) is 11.3 Å². The van der Waals surface area contributed by atoms with Crippen LogP contribution in [0.15, 0.2) is 66.2 Å². The highest BCUT2D eigenvalue weighted by atomic mass is 32.1. The molecule has 2 heterocycles. The van der Waals surface area contributed by atoms with Gasteiger partial charge in [0.15, 0.2) is 0 Å². The molecule has 1 aromatic carbocycles. The van der Waals surface area contributed by atoms with Crippen molar-refractivity contribution >= 4 is 23.2 Å². The van der Waals surface area contributed by atoms with Crippen LogP contribution in [0.1, 0.15) is 5.56 Å². The molecule has 1 N–H and O–H groups in total. The van der Waals surface area contributed by atoms with Crippen molar-refractivity contribution < 1.29 is 14.7 Å². The van der Waals surface area contributed by atoms with Gasteiger partial charge in [0.05, 0.1) is 10.6 Å². The second-order valence-corrected chi connectivity index (χ2v) is 6.57. The first-order valence-corrected chi connectivity index (χ1v) is 8.76. The molecule has 0 aliphatic carbocycles. The maximum absolute atomic E-state index is 12.1. The van der Waals surface area contributed by atoms with Crippen LogP contribution in [0.5, 0.6) is 0 Å². The molecule has 1 amide bonds. The largest absolute Gasteiger partial charge is 0.478 e. The standard InChI is InChI=1S/C19H17N3O3S/c1-21(17(23)9-10-18(24)25)12-14-13-22(15-6-3-2-4-7-15)20-19(14)16-8-5-11-26-16/h2-11,13H,12H2,1H3,(H,24,25)/b10-9+. The highest BCUT2D eigenvalue weighted by Gasteiger charge is 2.16. The maximum Gasteiger partial charge on any atom is 0.328 e. The number of para-hydroxylation sites is 1. The van der Waals surface area contributed by atoms with Crippen molar-refractivity contribution in [3.8, 4) is 16.3 Å². The minimum absolute atomic E-state index is 0.322. The molecule has 0 unspecified atom stereocenters. The van der Waals surface area contributed by atoms with Crippen LogP contribution in [-0.4, -0.2) is 38.7 Å². The van der Waals surface area contributed by atoms with E-state index in [2.05, 4.69) is 5.10 Å². The number of aliphatic carboxylic acids is 1. The van der Waals surface area contributed by atoms with Crippen LogP contribution in [0, 0.1) is 0 Å². The van der Waals surface area contributed by atoms with Gasteiger partial charge in [-0.05, 0) is 23.6 Å². The highest BCUT2D eigenvalue weighted by molar-refractivity contribution is 7.13. The van der Waals surface area contributed by atoms with E-state index in [-0.39, 0.29) is 5.91 Å². The van der Waals surface area contributed by atoms with Crippen molar-refractivity contribution in [2.75, 3.05) is 7.05 Å². The molecule has 0 saturated carbocycles. The zero-order chi connectivity index (χ0) is 18.5. The van der Waals surface area contributed by atoms with E-state index in [9.17, 15) is 9.59 Å². The van der Waals surface area contributed by atoms with E-state index in [0.29, 0.717) is 6.54 Å². The fourth-order valence-corrected chi connectivity index (χ4v) is 3.21. The minimum atomic E-state index is -1.15. The molecule has 0 spiro atoms. The summed E-state index contributed by atoms with van der Waals surface area (Å²) in [5.74, 6) is -1.53. The summed E-state index contributed by atoms with van der Waals surface area (Å²) < 4.78 is 1.79. The first-order chi connectivity index (χ1) is 12.5. The summed E-state index contributed by atoms with van der Waals surface area (Å²) in [6.45, 7) is 0.322. The number of carbonyl (C=O) groups is 2. The summed E-state index contributed by atoms with van der Waals surface area (Å²) in [7, 11) is 1.63. The third-order valence-electron chi connectivity index (χ3n) is 3.72. The van der Waals surface area contributed by atoms with Gasteiger partial charge in [0.1, 0.15) is 5.69 Å². The monoisotopic (exact) mass is 367 g/mol. The molecule has 0 bridgehead atoms. The quantitative estimate of drug-likeness (QED) is 0.679. The van der Waals surface area contributed by atoms with Crippen LogP contribution in [0.25, 0.3) is 16.3 Å². The third-order valence-corrected chi connectivity index (χ3v) is 4.59. The Kier molecular flexibility index (Phi) is 5.28. The van der Waals surface area contributed by atoms with Gasteiger partial charge < -0.3 is 10.0 Å². The molecule has 0 aliphatic heterocycles. The van der Waals surface area contributed by atoms with Gasteiger partial charge in [0.2, 0.25) is 5.91 Å². The fourth-order valence-electron chi connectivity index (χ4n) is 2.46. The van der Waals surface area contributed by atoms with Gasteiger partial charge in [-0.2, -0.15) is 5.10 Å². The minimum Gasteiger partial charge on any atom is -0.478 e. The number of aromatic nitrogens is 2. The van der Waals surface area contributed by atoms with Gasteiger partial charge in [-0.3, -0.25) is 4.79 Å². The van der Waals surface area contributed by atoms with Gasteiger partial charge in [0.25, 0.3) is 0 Å². The molecule has 0 atom stereocenters. The van der Waals surface area contributed by atoms with Crippen molar-refractivity contribution in [3.63, 3.8) is 0 Å². The molecule has 6 nitrogen and oxygen atoms in total. The lowest BCUT2D eigenvalue weighted by molar-refractivity contribution is -0.132. The normalized spacial score (nSPS) is 11.0. The van der Waals surface area contributed by atoms with E-state index in [1.165, 1.54) is 4.90 Å². The lowest BCUT2D eigenvalue weighted by atomic mass is 10.2. The number of carboxylic acid groups (broad SMARTS) is 1. The number of hydrogen-bond donors (Lipinski definition) is 1. The van der Waals surface area contributed by atoms with E-state index in [4.69, 9.17) is 5.11 Å². The Labute approximate surface area is 154 Å². The number of thiophene rings is 1. The number of likely N-dealkylation sites (N-methyl/N-ethyl adjacent to an activating group) is 1. The number of amides is 1. The Morgan fingerprint density at radius 3 is 2.62 bits per heavy atom. The second-order valence-electron chi connectivity index (χ2n) is 5.63. The molecular formula is C19H17N3O3S. The number of carboxylic acids is 1. The molecule has 3 aromatic rings. The topological polar surface area (TPSA) is 75.4 Å². The SMILES string of the molecule is CN(Cc1cn(-c2ccccc2)nc1-c1cccs1)C(=O)/C=C/C(=O)O. The second kappa shape index (κ2) is 7.79. The molecule has 7 heteroatoms. The number of rotatable bonds is 6. The average Bonchev–Trinajstić information content (AvgIpc) is 3.29. The molecule has 132 valence electrons. The van der Waals surface area contributed by atoms with Crippen LogP contribution in [0.4, 0.5) is 0 Å². The van der Waals surface area contributed by atoms with Crippen LogP contribution in [-0.2, 0) is 16.1 Å². The maximum atomic E-state index is 12.1. The van der Waals surface area contributed by atoms with E-state index in [1.54, 1.807) is 23.1 Å². The summed E-state index contributed by atoms with van der Waals surface area (Å²) in [6.07, 6.45) is 3.79. The van der Waals surface area contributed by atoms with E-state index in [1.807, 2.05) is 54.0 Å². The zero-order valence-corrected chi connectivity index (χ0v) is 14.9. The Balaban J connectivity index is 1.91.